The molecule has 0 radical (unpaired) electrons. The number of benzene rings is 2. The van der Waals surface area contributed by atoms with Crippen LogP contribution in [0.4, 0.5) is 0 Å². The molecule has 0 N–H and O–H groups in total. The Morgan fingerprint density at radius 1 is 0.906 bits per heavy atom. The van der Waals surface area contributed by atoms with Crippen molar-refractivity contribution < 1.29 is 27.8 Å². The Labute approximate surface area is 181 Å². The molecule has 2 aromatic carbocycles. The number of carbonyl (C=O) groups is 1. The van der Waals surface area contributed by atoms with Crippen LogP contribution in [-0.2, 0) is 9.53 Å². The van der Waals surface area contributed by atoms with Crippen LogP contribution in [0.2, 0.25) is 0 Å². The standard InChI is InChI=1S/C24H20O8/c1-3-28-19-7-5-6-14-10-18(24(27)32-23(14)19)17-12-21(25)31-20-11-15(8-9-16(17)20)30-13-22(26)29-4-2/h5-12H,3-4,13H2,1-2H3. The minimum absolute atomic E-state index is 0.205. The van der Waals surface area contributed by atoms with Crippen molar-refractivity contribution in [3.8, 4) is 22.6 Å². The summed E-state index contributed by atoms with van der Waals surface area (Å²) < 4.78 is 26.6. The van der Waals surface area contributed by atoms with Gasteiger partial charge in [0, 0.05) is 28.5 Å². The van der Waals surface area contributed by atoms with Gasteiger partial charge in [-0.3, -0.25) is 0 Å². The van der Waals surface area contributed by atoms with Crippen molar-refractivity contribution in [1.29, 1.82) is 0 Å². The fourth-order valence-corrected chi connectivity index (χ4v) is 3.38. The molecule has 0 atom stereocenters. The second-order valence-corrected chi connectivity index (χ2v) is 6.79. The summed E-state index contributed by atoms with van der Waals surface area (Å²) in [7, 11) is 0. The normalized spacial score (nSPS) is 10.9. The lowest BCUT2D eigenvalue weighted by Crippen LogP contribution is -2.14. The maximum atomic E-state index is 12.8. The molecule has 0 unspecified atom stereocenters. The number of rotatable bonds is 7. The summed E-state index contributed by atoms with van der Waals surface area (Å²) in [6, 6.07) is 12.9. The monoisotopic (exact) mass is 436 g/mol. The molecule has 2 aromatic heterocycles. The molecule has 8 heteroatoms. The number of esters is 1. The van der Waals surface area contributed by atoms with E-state index in [0.29, 0.717) is 40.0 Å². The Bertz CT molecular complexity index is 1410. The number of hydrogen-bond donors (Lipinski definition) is 0. The zero-order chi connectivity index (χ0) is 22.7. The molecule has 4 rings (SSSR count). The van der Waals surface area contributed by atoms with Gasteiger partial charge in [-0.05, 0) is 38.1 Å². The fourth-order valence-electron chi connectivity index (χ4n) is 3.38. The summed E-state index contributed by atoms with van der Waals surface area (Å²) >= 11 is 0. The van der Waals surface area contributed by atoms with Crippen LogP contribution in [-0.4, -0.2) is 25.8 Å². The number of hydrogen-bond acceptors (Lipinski definition) is 8. The lowest BCUT2D eigenvalue weighted by atomic mass is 10.0. The minimum Gasteiger partial charge on any atom is -0.490 e. The Kier molecular flexibility index (Phi) is 5.93. The summed E-state index contributed by atoms with van der Waals surface area (Å²) in [5.41, 5.74) is -0.131. The van der Waals surface area contributed by atoms with E-state index >= 15 is 0 Å². The van der Waals surface area contributed by atoms with E-state index in [4.69, 9.17) is 23.0 Å². The number of para-hydroxylation sites is 1. The highest BCUT2D eigenvalue weighted by Crippen LogP contribution is 2.31. The largest absolute Gasteiger partial charge is 0.490 e. The number of carbonyl (C=O) groups excluding carboxylic acids is 1. The molecular formula is C24H20O8. The highest BCUT2D eigenvalue weighted by atomic mass is 16.6. The Morgan fingerprint density at radius 3 is 2.53 bits per heavy atom. The van der Waals surface area contributed by atoms with Crippen molar-refractivity contribution >= 4 is 27.9 Å². The van der Waals surface area contributed by atoms with Gasteiger partial charge in [-0.25, -0.2) is 14.4 Å². The van der Waals surface area contributed by atoms with Gasteiger partial charge in [0.2, 0.25) is 0 Å². The first-order chi connectivity index (χ1) is 15.5. The van der Waals surface area contributed by atoms with Crippen LogP contribution in [0.15, 0.2) is 67.0 Å². The van der Waals surface area contributed by atoms with Crippen molar-refractivity contribution in [3.63, 3.8) is 0 Å². The van der Waals surface area contributed by atoms with Crippen LogP contribution in [0.3, 0.4) is 0 Å². The van der Waals surface area contributed by atoms with Crippen molar-refractivity contribution in [2.24, 2.45) is 0 Å². The second-order valence-electron chi connectivity index (χ2n) is 6.79. The summed E-state index contributed by atoms with van der Waals surface area (Å²) in [5.74, 6) is 0.273. The third-order valence-corrected chi connectivity index (χ3v) is 4.69. The van der Waals surface area contributed by atoms with Crippen LogP contribution in [0.5, 0.6) is 11.5 Å². The van der Waals surface area contributed by atoms with E-state index in [-0.39, 0.29) is 24.4 Å². The molecule has 32 heavy (non-hydrogen) atoms. The molecule has 0 saturated heterocycles. The summed E-state index contributed by atoms with van der Waals surface area (Å²) in [6.45, 7) is 3.93. The molecule has 4 aromatic rings. The second kappa shape index (κ2) is 8.97. The van der Waals surface area contributed by atoms with Gasteiger partial charge in [0.25, 0.3) is 0 Å². The molecule has 0 amide bonds. The van der Waals surface area contributed by atoms with Gasteiger partial charge in [-0.2, -0.15) is 0 Å². The first-order valence-electron chi connectivity index (χ1n) is 10.1. The van der Waals surface area contributed by atoms with Gasteiger partial charge < -0.3 is 23.0 Å². The molecule has 164 valence electrons. The van der Waals surface area contributed by atoms with Crippen molar-refractivity contribution in [2.45, 2.75) is 13.8 Å². The number of ether oxygens (including phenoxy) is 3. The van der Waals surface area contributed by atoms with E-state index < -0.39 is 17.2 Å². The maximum Gasteiger partial charge on any atom is 0.344 e. The molecule has 0 spiro atoms. The molecule has 0 saturated carbocycles. The molecule has 0 aliphatic carbocycles. The van der Waals surface area contributed by atoms with Gasteiger partial charge in [-0.15, -0.1) is 0 Å². The molecule has 2 heterocycles. The summed E-state index contributed by atoms with van der Waals surface area (Å²) in [4.78, 5) is 36.5. The quantitative estimate of drug-likeness (QED) is 0.317. The predicted molar refractivity (Wildman–Crippen MR) is 117 cm³/mol. The Morgan fingerprint density at radius 2 is 1.75 bits per heavy atom. The maximum absolute atomic E-state index is 12.8. The topological polar surface area (TPSA) is 105 Å². The van der Waals surface area contributed by atoms with Crippen LogP contribution < -0.4 is 20.7 Å². The van der Waals surface area contributed by atoms with E-state index in [9.17, 15) is 14.4 Å². The first kappa shape index (κ1) is 21.2. The average molecular weight is 436 g/mol. The van der Waals surface area contributed by atoms with E-state index in [0.717, 1.165) is 0 Å². The van der Waals surface area contributed by atoms with Gasteiger partial charge >= 0.3 is 17.2 Å². The van der Waals surface area contributed by atoms with Crippen LogP contribution in [0.25, 0.3) is 33.1 Å². The third-order valence-electron chi connectivity index (χ3n) is 4.69. The smallest absolute Gasteiger partial charge is 0.344 e. The highest BCUT2D eigenvalue weighted by molar-refractivity contribution is 5.96. The first-order valence-corrected chi connectivity index (χ1v) is 10.1. The zero-order valence-electron chi connectivity index (χ0n) is 17.5. The molecule has 0 aliphatic heterocycles. The highest BCUT2D eigenvalue weighted by Gasteiger charge is 2.16. The zero-order valence-corrected chi connectivity index (χ0v) is 17.5. The van der Waals surface area contributed by atoms with Crippen LogP contribution in [0, 0.1) is 0 Å². The summed E-state index contributed by atoms with van der Waals surface area (Å²) in [5, 5.41) is 1.17. The number of fused-ring (bicyclic) bond motifs is 2. The van der Waals surface area contributed by atoms with Crippen molar-refractivity contribution in [1.82, 2.24) is 0 Å². The Hall–Kier alpha value is -4.07. The molecule has 8 nitrogen and oxygen atoms in total. The van der Waals surface area contributed by atoms with E-state index in [2.05, 4.69) is 0 Å². The third kappa shape index (κ3) is 4.20. The van der Waals surface area contributed by atoms with Gasteiger partial charge in [0.15, 0.2) is 17.9 Å². The van der Waals surface area contributed by atoms with Crippen LogP contribution in [0.1, 0.15) is 13.8 Å². The SMILES string of the molecule is CCOC(=O)COc1ccc2c(-c3cc4cccc(OCC)c4oc3=O)cc(=O)oc2c1. The van der Waals surface area contributed by atoms with E-state index in [1.165, 1.54) is 12.1 Å². The van der Waals surface area contributed by atoms with Gasteiger partial charge in [-0.1, -0.05) is 12.1 Å². The van der Waals surface area contributed by atoms with E-state index in [1.807, 2.05) is 6.92 Å². The summed E-state index contributed by atoms with van der Waals surface area (Å²) in [6.07, 6.45) is 0. The molecule has 0 bridgehead atoms. The Balaban J connectivity index is 1.80. The average Bonchev–Trinajstić information content (AvgIpc) is 2.77. The van der Waals surface area contributed by atoms with Crippen LogP contribution >= 0.6 is 0 Å². The van der Waals surface area contributed by atoms with Crippen molar-refractivity contribution in [2.75, 3.05) is 19.8 Å². The van der Waals surface area contributed by atoms with E-state index in [1.54, 1.807) is 43.3 Å². The molecule has 0 fully saturated rings. The van der Waals surface area contributed by atoms with Gasteiger partial charge in [0.05, 0.1) is 18.8 Å². The predicted octanol–water partition coefficient (Wildman–Crippen LogP) is 3.91. The fraction of sp³-hybridized carbons (Fsp3) is 0.208. The lowest BCUT2D eigenvalue weighted by molar-refractivity contribution is -0.145. The molecule has 0 aliphatic rings. The van der Waals surface area contributed by atoms with Crippen molar-refractivity contribution in [3.05, 3.63) is 69.4 Å². The minimum atomic E-state index is -0.641. The lowest BCUT2D eigenvalue weighted by Gasteiger charge is -2.10. The van der Waals surface area contributed by atoms with Gasteiger partial charge in [0.1, 0.15) is 11.3 Å². The molecular weight excluding hydrogens is 416 g/mol.